The van der Waals surface area contributed by atoms with Crippen LogP contribution in [-0.2, 0) is 23.8 Å². The molecule has 2 saturated carbocycles. The Labute approximate surface area is 258 Å². The molecule has 5 rings (SSSR count). The molecule has 8 nitrogen and oxygen atoms in total. The molecule has 0 aromatic heterocycles. The molecule has 1 N–H and O–H groups in total. The number of carbonyl (C=O) groups excluding carboxylic acids is 4. The minimum atomic E-state index is -1.89. The molecular formula is C36H40O8. The molecule has 2 aromatic carbocycles. The largest absolute Gasteiger partial charge is 0.458 e. The van der Waals surface area contributed by atoms with Gasteiger partial charge in [0.15, 0.2) is 5.78 Å². The zero-order valence-corrected chi connectivity index (χ0v) is 25.8. The fourth-order valence-electron chi connectivity index (χ4n) is 7.08. The van der Waals surface area contributed by atoms with E-state index in [2.05, 4.69) is 20.4 Å². The zero-order valence-electron chi connectivity index (χ0n) is 25.8. The Hall–Kier alpha value is -4.04. The van der Waals surface area contributed by atoms with E-state index in [9.17, 15) is 24.3 Å². The molecule has 0 heterocycles. The SMILES string of the molecule is C=C1C(OC(=O)c2ccccc2)C[C@H]2[C@@H](/C=C(\C)[C@@]3(O)C[C@H](C)[C@H](OC(=O)c4ccccc4)[C@@H](C3=O)[C@H]1OC(C)=O)C2(C)C. The van der Waals surface area contributed by atoms with Gasteiger partial charge >= 0.3 is 17.9 Å². The third kappa shape index (κ3) is 5.75. The normalized spacial score (nSPS) is 33.9. The summed E-state index contributed by atoms with van der Waals surface area (Å²) in [4.78, 5) is 53.7. The second-order valence-corrected chi connectivity index (χ2v) is 13.1. The maximum absolute atomic E-state index is 14.5. The highest BCUT2D eigenvalue weighted by molar-refractivity contribution is 5.96. The quantitative estimate of drug-likeness (QED) is 0.272. The number of esters is 3. The van der Waals surface area contributed by atoms with Gasteiger partial charge in [-0.05, 0) is 72.8 Å². The highest BCUT2D eigenvalue weighted by Crippen LogP contribution is 2.63. The predicted octanol–water partition coefficient (Wildman–Crippen LogP) is 5.50. The Morgan fingerprint density at radius 3 is 2.00 bits per heavy atom. The van der Waals surface area contributed by atoms with Crippen molar-refractivity contribution >= 4 is 23.7 Å². The Balaban J connectivity index is 1.61. The van der Waals surface area contributed by atoms with E-state index in [1.165, 1.54) is 6.92 Å². The number of hydrogen-bond acceptors (Lipinski definition) is 8. The van der Waals surface area contributed by atoms with E-state index >= 15 is 0 Å². The van der Waals surface area contributed by atoms with Gasteiger partial charge in [0.25, 0.3) is 0 Å². The molecule has 3 aliphatic rings. The first-order chi connectivity index (χ1) is 20.8. The van der Waals surface area contributed by atoms with E-state index in [-0.39, 0.29) is 29.2 Å². The minimum Gasteiger partial charge on any atom is -0.458 e. The van der Waals surface area contributed by atoms with Crippen LogP contribution in [0.5, 0.6) is 0 Å². The van der Waals surface area contributed by atoms with Gasteiger partial charge in [0.2, 0.25) is 0 Å². The van der Waals surface area contributed by atoms with Gasteiger partial charge < -0.3 is 19.3 Å². The molecule has 2 fully saturated rings. The second kappa shape index (κ2) is 11.8. The van der Waals surface area contributed by atoms with Gasteiger partial charge in [-0.25, -0.2) is 9.59 Å². The Bertz CT molecular complexity index is 1490. The van der Waals surface area contributed by atoms with Crippen molar-refractivity contribution in [2.45, 2.75) is 71.4 Å². The molecule has 8 atom stereocenters. The summed E-state index contributed by atoms with van der Waals surface area (Å²) in [5.41, 5.74) is -0.766. The monoisotopic (exact) mass is 600 g/mol. The minimum absolute atomic E-state index is 0.00212. The third-order valence-electron chi connectivity index (χ3n) is 9.84. The Kier molecular flexibility index (Phi) is 8.42. The van der Waals surface area contributed by atoms with Crippen LogP contribution in [-0.4, -0.2) is 52.7 Å². The first-order valence-corrected chi connectivity index (χ1v) is 15.1. The molecule has 8 heteroatoms. The Morgan fingerprint density at radius 1 is 0.909 bits per heavy atom. The summed E-state index contributed by atoms with van der Waals surface area (Å²) < 4.78 is 17.9. The summed E-state index contributed by atoms with van der Waals surface area (Å²) in [5, 5.41) is 12.1. The van der Waals surface area contributed by atoms with Crippen molar-refractivity contribution in [3.8, 4) is 0 Å². The molecule has 0 radical (unpaired) electrons. The van der Waals surface area contributed by atoms with Gasteiger partial charge in [0.1, 0.15) is 23.9 Å². The molecule has 44 heavy (non-hydrogen) atoms. The maximum atomic E-state index is 14.5. The molecular weight excluding hydrogens is 560 g/mol. The van der Waals surface area contributed by atoms with E-state index in [4.69, 9.17) is 14.2 Å². The summed E-state index contributed by atoms with van der Waals surface area (Å²) >= 11 is 0. The smallest absolute Gasteiger partial charge is 0.338 e. The molecule has 0 aliphatic heterocycles. The molecule has 2 bridgehead atoms. The topological polar surface area (TPSA) is 116 Å². The molecule has 0 amide bonds. The number of allylic oxidation sites excluding steroid dienone is 1. The van der Waals surface area contributed by atoms with Crippen molar-refractivity contribution in [3.63, 3.8) is 0 Å². The molecule has 0 spiro atoms. The van der Waals surface area contributed by atoms with E-state index < -0.39 is 59.4 Å². The summed E-state index contributed by atoms with van der Waals surface area (Å²) in [6, 6.07) is 16.9. The number of Topliss-reactive ketones (excluding diaryl/α,β-unsaturated/α-hetero) is 1. The van der Waals surface area contributed by atoms with Gasteiger partial charge in [-0.2, -0.15) is 0 Å². The van der Waals surface area contributed by atoms with Gasteiger partial charge in [-0.3, -0.25) is 9.59 Å². The van der Waals surface area contributed by atoms with E-state index in [0.717, 1.165) is 0 Å². The predicted molar refractivity (Wildman–Crippen MR) is 162 cm³/mol. The highest BCUT2D eigenvalue weighted by atomic mass is 16.6. The lowest BCUT2D eigenvalue weighted by molar-refractivity contribution is -0.169. The van der Waals surface area contributed by atoms with E-state index in [0.29, 0.717) is 23.1 Å². The highest BCUT2D eigenvalue weighted by Gasteiger charge is 2.62. The van der Waals surface area contributed by atoms with Crippen LogP contribution in [0, 0.1) is 29.1 Å². The lowest BCUT2D eigenvalue weighted by atomic mass is 9.64. The van der Waals surface area contributed by atoms with Crippen molar-refractivity contribution < 1.29 is 38.5 Å². The molecule has 3 aliphatic carbocycles. The van der Waals surface area contributed by atoms with Gasteiger partial charge in [0, 0.05) is 12.5 Å². The lowest BCUT2D eigenvalue weighted by Crippen LogP contribution is -2.60. The van der Waals surface area contributed by atoms with Crippen LogP contribution in [0.3, 0.4) is 0 Å². The number of hydrogen-bond donors (Lipinski definition) is 1. The Morgan fingerprint density at radius 2 is 1.45 bits per heavy atom. The van der Waals surface area contributed by atoms with Crippen molar-refractivity contribution in [1.29, 1.82) is 0 Å². The average Bonchev–Trinajstić information content (AvgIpc) is 3.50. The number of carbonyl (C=O) groups is 4. The van der Waals surface area contributed by atoms with Crippen molar-refractivity contribution in [2.75, 3.05) is 0 Å². The zero-order chi connectivity index (χ0) is 32.0. The summed E-state index contributed by atoms with van der Waals surface area (Å²) in [6.45, 7) is 13.2. The number of ether oxygens (including phenoxy) is 3. The molecule has 2 aromatic rings. The first kappa shape index (κ1) is 31.4. The number of benzene rings is 2. The van der Waals surface area contributed by atoms with Crippen LogP contribution < -0.4 is 0 Å². The van der Waals surface area contributed by atoms with Crippen LogP contribution in [0.1, 0.15) is 68.2 Å². The van der Waals surface area contributed by atoms with E-state index in [1.54, 1.807) is 74.5 Å². The van der Waals surface area contributed by atoms with E-state index in [1.807, 2.05) is 6.08 Å². The number of aliphatic hydroxyl groups is 1. The second-order valence-electron chi connectivity index (χ2n) is 13.1. The summed E-state index contributed by atoms with van der Waals surface area (Å²) in [5.74, 6) is -4.35. The van der Waals surface area contributed by atoms with Crippen LogP contribution in [0.2, 0.25) is 0 Å². The van der Waals surface area contributed by atoms with Crippen LogP contribution in [0.15, 0.2) is 84.5 Å². The fraction of sp³-hybridized carbons (Fsp3) is 0.444. The standard InChI is InChI=1S/C36H40O8/c1-20-19-36(41)21(2)17-26-27(35(26,5)6)18-28(43-33(39)24-13-9-7-10-14-24)22(3)31(42-23(4)37)29(32(36)38)30(20)44-34(40)25-15-11-8-12-16-25/h7-17,20,26-31,41H,3,18-19H2,1-2,4-6H3/b21-17+/t20-,26+,27-,28?,29+,30-,31-,36-/m0/s1. The average molecular weight is 601 g/mol. The van der Waals surface area contributed by atoms with Crippen LogP contribution in [0.4, 0.5) is 0 Å². The summed E-state index contributed by atoms with van der Waals surface area (Å²) in [6.07, 6.45) is -1.02. The maximum Gasteiger partial charge on any atom is 0.338 e. The van der Waals surface area contributed by atoms with Crippen LogP contribution >= 0.6 is 0 Å². The number of ketones is 1. The number of rotatable bonds is 5. The van der Waals surface area contributed by atoms with Gasteiger partial charge in [0.05, 0.1) is 17.0 Å². The molecule has 232 valence electrons. The third-order valence-corrected chi connectivity index (χ3v) is 9.84. The van der Waals surface area contributed by atoms with Gasteiger partial charge in [-0.1, -0.05) is 69.8 Å². The summed E-state index contributed by atoms with van der Waals surface area (Å²) in [7, 11) is 0. The van der Waals surface area contributed by atoms with Crippen molar-refractivity contribution in [3.05, 3.63) is 95.6 Å². The molecule has 0 saturated heterocycles. The van der Waals surface area contributed by atoms with Crippen LogP contribution in [0.25, 0.3) is 0 Å². The number of fused-ring (bicyclic) bond motifs is 3. The first-order valence-electron chi connectivity index (χ1n) is 15.1. The van der Waals surface area contributed by atoms with Crippen molar-refractivity contribution in [2.24, 2.45) is 29.1 Å². The van der Waals surface area contributed by atoms with Crippen molar-refractivity contribution in [1.82, 2.24) is 0 Å². The lowest BCUT2D eigenvalue weighted by Gasteiger charge is -2.46. The van der Waals surface area contributed by atoms with Gasteiger partial charge in [-0.15, -0.1) is 0 Å². The molecule has 1 unspecified atom stereocenters. The fourth-order valence-corrected chi connectivity index (χ4v) is 7.08.